The zero-order chi connectivity index (χ0) is 21.6. The first-order chi connectivity index (χ1) is 15.1. The van der Waals surface area contributed by atoms with Gasteiger partial charge in [-0.25, -0.2) is 4.68 Å². The predicted molar refractivity (Wildman–Crippen MR) is 124 cm³/mol. The molecular formula is C27H27N3O. The van der Waals surface area contributed by atoms with E-state index in [1.54, 1.807) is 0 Å². The van der Waals surface area contributed by atoms with E-state index in [9.17, 15) is 4.79 Å². The van der Waals surface area contributed by atoms with Crippen molar-refractivity contribution in [2.24, 2.45) is 0 Å². The molecule has 1 heterocycles. The van der Waals surface area contributed by atoms with Gasteiger partial charge in [0.05, 0.1) is 11.4 Å². The van der Waals surface area contributed by atoms with E-state index < -0.39 is 0 Å². The maximum atomic E-state index is 12.9. The molecular weight excluding hydrogens is 382 g/mol. The van der Waals surface area contributed by atoms with Gasteiger partial charge in [0.15, 0.2) is 0 Å². The summed E-state index contributed by atoms with van der Waals surface area (Å²) in [5.74, 6) is 0.0561. The lowest BCUT2D eigenvalue weighted by Crippen LogP contribution is -2.25. The Labute approximate surface area is 183 Å². The van der Waals surface area contributed by atoms with E-state index in [2.05, 4.69) is 34.7 Å². The van der Waals surface area contributed by atoms with Crippen LogP contribution < -0.4 is 5.32 Å². The van der Waals surface area contributed by atoms with Crippen molar-refractivity contribution in [3.63, 3.8) is 0 Å². The van der Waals surface area contributed by atoms with Gasteiger partial charge >= 0.3 is 0 Å². The van der Waals surface area contributed by atoms with Crippen LogP contribution in [-0.2, 0) is 11.3 Å². The summed E-state index contributed by atoms with van der Waals surface area (Å²) < 4.78 is 1.94. The van der Waals surface area contributed by atoms with E-state index in [-0.39, 0.29) is 11.8 Å². The summed E-state index contributed by atoms with van der Waals surface area (Å²) in [4.78, 5) is 12.9. The summed E-state index contributed by atoms with van der Waals surface area (Å²) >= 11 is 0. The molecule has 0 saturated heterocycles. The van der Waals surface area contributed by atoms with Crippen LogP contribution >= 0.6 is 0 Å². The molecule has 0 saturated carbocycles. The molecule has 0 atom stereocenters. The Balaban J connectivity index is 1.49. The molecule has 1 amide bonds. The van der Waals surface area contributed by atoms with Crippen LogP contribution in [0.5, 0.6) is 0 Å². The number of nitrogens with zero attached hydrogens (tertiary/aromatic N) is 2. The second kappa shape index (κ2) is 9.43. The minimum atomic E-state index is 0.0247. The summed E-state index contributed by atoms with van der Waals surface area (Å²) in [6.45, 7) is 4.51. The van der Waals surface area contributed by atoms with Crippen molar-refractivity contribution < 1.29 is 4.79 Å². The molecule has 0 bridgehead atoms. The lowest BCUT2D eigenvalue weighted by atomic mass is 9.88. The number of carbonyl (C=O) groups excluding carboxylic acids is 1. The summed E-state index contributed by atoms with van der Waals surface area (Å²) in [7, 11) is 0. The van der Waals surface area contributed by atoms with Crippen LogP contribution in [-0.4, -0.2) is 15.7 Å². The number of nitrogens with one attached hydrogen (secondary N) is 1. The highest BCUT2D eigenvalue weighted by molar-refractivity contribution is 5.77. The number of rotatable bonds is 7. The maximum Gasteiger partial charge on any atom is 0.221 e. The highest BCUT2D eigenvalue weighted by atomic mass is 16.1. The van der Waals surface area contributed by atoms with Gasteiger partial charge in [-0.05, 0) is 37.1 Å². The number of benzene rings is 3. The summed E-state index contributed by atoms with van der Waals surface area (Å²) in [6, 6.07) is 30.5. The van der Waals surface area contributed by atoms with Gasteiger partial charge in [0, 0.05) is 30.1 Å². The molecule has 156 valence electrons. The van der Waals surface area contributed by atoms with Gasteiger partial charge in [-0.1, -0.05) is 78.9 Å². The lowest BCUT2D eigenvalue weighted by Gasteiger charge is -2.18. The van der Waals surface area contributed by atoms with E-state index >= 15 is 0 Å². The third kappa shape index (κ3) is 4.75. The van der Waals surface area contributed by atoms with Crippen molar-refractivity contribution in [3.05, 3.63) is 119 Å². The third-order valence-corrected chi connectivity index (χ3v) is 5.70. The molecule has 0 aliphatic heterocycles. The number of amides is 1. The highest BCUT2D eigenvalue weighted by Crippen LogP contribution is 2.28. The van der Waals surface area contributed by atoms with Gasteiger partial charge in [0.2, 0.25) is 5.91 Å². The molecule has 31 heavy (non-hydrogen) atoms. The minimum Gasteiger partial charge on any atom is -0.352 e. The molecule has 0 fully saturated rings. The van der Waals surface area contributed by atoms with Crippen LogP contribution in [0.4, 0.5) is 0 Å². The van der Waals surface area contributed by atoms with Crippen LogP contribution in [0.15, 0.2) is 91.0 Å². The highest BCUT2D eigenvalue weighted by Gasteiger charge is 2.19. The van der Waals surface area contributed by atoms with Crippen LogP contribution in [0.2, 0.25) is 0 Å². The van der Waals surface area contributed by atoms with Gasteiger partial charge in [-0.3, -0.25) is 4.79 Å². The average Bonchev–Trinajstić information content (AvgIpc) is 3.11. The number of carbonyl (C=O) groups is 1. The Hall–Kier alpha value is -3.66. The van der Waals surface area contributed by atoms with Crippen LogP contribution in [0.3, 0.4) is 0 Å². The molecule has 4 aromatic rings. The Morgan fingerprint density at radius 1 is 0.839 bits per heavy atom. The first-order valence-corrected chi connectivity index (χ1v) is 10.6. The third-order valence-electron chi connectivity index (χ3n) is 5.70. The number of hydrogen-bond donors (Lipinski definition) is 1. The molecule has 0 spiro atoms. The molecule has 4 rings (SSSR count). The summed E-state index contributed by atoms with van der Waals surface area (Å²) in [5, 5.41) is 7.80. The van der Waals surface area contributed by atoms with Gasteiger partial charge in [0.1, 0.15) is 0 Å². The van der Waals surface area contributed by atoms with Crippen molar-refractivity contribution in [2.75, 3.05) is 0 Å². The Morgan fingerprint density at radius 3 is 1.90 bits per heavy atom. The summed E-state index contributed by atoms with van der Waals surface area (Å²) in [5.41, 5.74) is 6.36. The Bertz CT molecular complexity index is 1100. The minimum absolute atomic E-state index is 0.0247. The Morgan fingerprint density at radius 2 is 1.35 bits per heavy atom. The van der Waals surface area contributed by atoms with E-state index in [0.717, 1.165) is 33.8 Å². The van der Waals surface area contributed by atoms with Gasteiger partial charge < -0.3 is 5.32 Å². The molecule has 3 aromatic carbocycles. The standard InChI is InChI=1S/C27H27N3O/c1-20-26(21(2)30(29-20)24-16-10-5-11-17-24)19-28-27(31)18-25(22-12-6-3-7-13-22)23-14-8-4-9-15-23/h3-17,25H,18-19H2,1-2H3,(H,28,31). The van der Waals surface area contributed by atoms with E-state index in [1.165, 1.54) is 0 Å². The summed E-state index contributed by atoms with van der Waals surface area (Å²) in [6.07, 6.45) is 0.402. The van der Waals surface area contributed by atoms with Crippen molar-refractivity contribution in [1.29, 1.82) is 0 Å². The van der Waals surface area contributed by atoms with Crippen LogP contribution in [0.1, 0.15) is 40.4 Å². The molecule has 4 nitrogen and oxygen atoms in total. The van der Waals surface area contributed by atoms with Gasteiger partial charge in [0.25, 0.3) is 0 Å². The molecule has 1 aromatic heterocycles. The monoisotopic (exact) mass is 409 g/mol. The van der Waals surface area contributed by atoms with Crippen molar-refractivity contribution in [1.82, 2.24) is 15.1 Å². The van der Waals surface area contributed by atoms with Gasteiger partial charge in [-0.15, -0.1) is 0 Å². The Kier molecular flexibility index (Phi) is 6.27. The van der Waals surface area contributed by atoms with E-state index in [1.807, 2.05) is 85.3 Å². The molecule has 0 aliphatic rings. The van der Waals surface area contributed by atoms with E-state index in [0.29, 0.717) is 13.0 Å². The maximum absolute atomic E-state index is 12.9. The van der Waals surface area contributed by atoms with E-state index in [4.69, 9.17) is 0 Å². The first kappa shape index (κ1) is 20.6. The zero-order valence-electron chi connectivity index (χ0n) is 18.0. The fourth-order valence-electron chi connectivity index (χ4n) is 3.99. The molecule has 1 N–H and O–H groups in total. The zero-order valence-corrected chi connectivity index (χ0v) is 18.0. The predicted octanol–water partition coefficient (Wildman–Crippen LogP) is 5.33. The van der Waals surface area contributed by atoms with Crippen molar-refractivity contribution >= 4 is 5.91 Å². The molecule has 0 unspecified atom stereocenters. The molecule has 0 aliphatic carbocycles. The van der Waals surface area contributed by atoms with Crippen molar-refractivity contribution in [3.8, 4) is 5.69 Å². The molecule has 0 radical (unpaired) electrons. The smallest absolute Gasteiger partial charge is 0.221 e. The first-order valence-electron chi connectivity index (χ1n) is 10.6. The second-order valence-electron chi connectivity index (χ2n) is 7.75. The normalized spacial score (nSPS) is 10.9. The quantitative estimate of drug-likeness (QED) is 0.449. The van der Waals surface area contributed by atoms with Crippen LogP contribution in [0.25, 0.3) is 5.69 Å². The van der Waals surface area contributed by atoms with Crippen LogP contribution in [0, 0.1) is 13.8 Å². The van der Waals surface area contributed by atoms with Gasteiger partial charge in [-0.2, -0.15) is 5.10 Å². The average molecular weight is 410 g/mol. The number of aryl methyl sites for hydroxylation is 1. The van der Waals surface area contributed by atoms with Crippen molar-refractivity contribution in [2.45, 2.75) is 32.7 Å². The largest absolute Gasteiger partial charge is 0.352 e. The topological polar surface area (TPSA) is 46.9 Å². The molecule has 4 heteroatoms. The lowest BCUT2D eigenvalue weighted by molar-refractivity contribution is -0.121. The second-order valence-corrected chi connectivity index (χ2v) is 7.75. The number of hydrogen-bond acceptors (Lipinski definition) is 2. The fourth-order valence-corrected chi connectivity index (χ4v) is 3.99. The number of aromatic nitrogens is 2. The fraction of sp³-hybridized carbons (Fsp3) is 0.185. The SMILES string of the molecule is Cc1nn(-c2ccccc2)c(C)c1CNC(=O)CC(c1ccccc1)c1ccccc1. The number of para-hydroxylation sites is 1.